The van der Waals surface area contributed by atoms with E-state index in [0.717, 1.165) is 9.69 Å². The SMILES string of the molecule is CN(C)c1ccc(S(=O)(=O)N(C)C)cc1NC(=O)c1csc(C(F)(F)F)n1. The van der Waals surface area contributed by atoms with Gasteiger partial charge in [-0.25, -0.2) is 17.7 Å². The molecule has 0 radical (unpaired) electrons. The number of carbonyl (C=O) groups excluding carboxylic acids is 1. The second-order valence-electron chi connectivity index (χ2n) is 5.85. The average Bonchev–Trinajstić information content (AvgIpc) is 3.04. The van der Waals surface area contributed by atoms with Crippen LogP contribution in [0.2, 0.25) is 0 Å². The Morgan fingerprint density at radius 2 is 1.81 bits per heavy atom. The first-order valence-corrected chi connectivity index (χ1v) is 9.74. The number of hydrogen-bond acceptors (Lipinski definition) is 6. The van der Waals surface area contributed by atoms with E-state index in [2.05, 4.69) is 10.3 Å². The van der Waals surface area contributed by atoms with E-state index in [-0.39, 0.29) is 10.6 Å². The molecule has 1 amide bonds. The minimum absolute atomic E-state index is 0.0670. The molecule has 12 heteroatoms. The maximum atomic E-state index is 12.7. The third kappa shape index (κ3) is 4.57. The highest BCUT2D eigenvalue weighted by Crippen LogP contribution is 2.32. The molecule has 0 saturated carbocycles. The van der Waals surface area contributed by atoms with Gasteiger partial charge in [0, 0.05) is 33.6 Å². The van der Waals surface area contributed by atoms with Crippen molar-refractivity contribution in [2.75, 3.05) is 38.4 Å². The van der Waals surface area contributed by atoms with Gasteiger partial charge in [0.05, 0.1) is 16.3 Å². The molecule has 1 heterocycles. The number of sulfonamides is 1. The number of benzene rings is 1. The third-order valence-electron chi connectivity index (χ3n) is 3.46. The fraction of sp³-hybridized carbons (Fsp3) is 0.333. The van der Waals surface area contributed by atoms with Gasteiger partial charge in [-0.05, 0) is 18.2 Å². The molecule has 0 saturated heterocycles. The molecule has 7 nitrogen and oxygen atoms in total. The summed E-state index contributed by atoms with van der Waals surface area (Å²) >= 11 is 0.307. The van der Waals surface area contributed by atoms with Crippen molar-refractivity contribution in [2.45, 2.75) is 11.1 Å². The van der Waals surface area contributed by atoms with Crippen LogP contribution in [0.1, 0.15) is 15.5 Å². The smallest absolute Gasteiger partial charge is 0.376 e. The molecular formula is C15H17F3N4O3S2. The van der Waals surface area contributed by atoms with Crippen LogP contribution in [-0.2, 0) is 16.2 Å². The van der Waals surface area contributed by atoms with Gasteiger partial charge in [0.2, 0.25) is 10.0 Å². The highest BCUT2D eigenvalue weighted by molar-refractivity contribution is 7.89. The molecule has 0 aliphatic carbocycles. The monoisotopic (exact) mass is 422 g/mol. The van der Waals surface area contributed by atoms with Gasteiger partial charge in [-0.15, -0.1) is 11.3 Å². The molecule has 1 aromatic heterocycles. The van der Waals surface area contributed by atoms with Crippen LogP contribution >= 0.6 is 11.3 Å². The number of nitrogens with zero attached hydrogens (tertiary/aromatic N) is 3. The molecule has 0 aliphatic heterocycles. The Bertz CT molecular complexity index is 953. The molecule has 0 fully saturated rings. The fourth-order valence-corrected chi connectivity index (χ4v) is 3.67. The standard InChI is InChI=1S/C15H17F3N4O3S2/c1-21(2)12-6-5-9(27(24,25)22(3)4)7-10(12)19-13(23)11-8-26-14(20-11)15(16,17)18/h5-8H,1-4H3,(H,19,23). The topological polar surface area (TPSA) is 82.6 Å². The lowest BCUT2D eigenvalue weighted by Gasteiger charge is -2.20. The zero-order valence-corrected chi connectivity index (χ0v) is 16.5. The van der Waals surface area contributed by atoms with Crippen molar-refractivity contribution < 1.29 is 26.4 Å². The summed E-state index contributed by atoms with van der Waals surface area (Å²) in [6.07, 6.45) is -4.64. The predicted octanol–water partition coefficient (Wildman–Crippen LogP) is 2.73. The van der Waals surface area contributed by atoms with Crippen LogP contribution in [0.3, 0.4) is 0 Å². The van der Waals surface area contributed by atoms with Crippen molar-refractivity contribution in [2.24, 2.45) is 0 Å². The Balaban J connectivity index is 2.41. The van der Waals surface area contributed by atoms with Gasteiger partial charge in [-0.3, -0.25) is 4.79 Å². The van der Waals surface area contributed by atoms with E-state index in [1.807, 2.05) is 0 Å². The van der Waals surface area contributed by atoms with Crippen LogP contribution in [0.15, 0.2) is 28.5 Å². The Labute approximate surface area is 158 Å². The molecule has 2 aromatic rings. The van der Waals surface area contributed by atoms with Crippen molar-refractivity contribution in [3.8, 4) is 0 Å². The lowest BCUT2D eigenvalue weighted by atomic mass is 10.2. The molecular weight excluding hydrogens is 405 g/mol. The number of carbonyl (C=O) groups is 1. The first-order chi connectivity index (χ1) is 12.3. The third-order valence-corrected chi connectivity index (χ3v) is 6.15. The number of thiazole rings is 1. The van der Waals surface area contributed by atoms with E-state index in [1.165, 1.54) is 32.3 Å². The van der Waals surface area contributed by atoms with Crippen LogP contribution in [0.5, 0.6) is 0 Å². The highest BCUT2D eigenvalue weighted by atomic mass is 32.2. The van der Waals surface area contributed by atoms with Gasteiger partial charge in [-0.2, -0.15) is 13.2 Å². The number of hydrogen-bond donors (Lipinski definition) is 1. The van der Waals surface area contributed by atoms with Crippen molar-refractivity contribution in [1.82, 2.24) is 9.29 Å². The van der Waals surface area contributed by atoms with E-state index in [1.54, 1.807) is 19.0 Å². The van der Waals surface area contributed by atoms with Gasteiger partial charge in [-0.1, -0.05) is 0 Å². The minimum atomic E-state index is -4.64. The molecule has 27 heavy (non-hydrogen) atoms. The number of aromatic nitrogens is 1. The Hall–Kier alpha value is -2.18. The van der Waals surface area contributed by atoms with E-state index < -0.39 is 32.8 Å². The number of alkyl halides is 3. The van der Waals surface area contributed by atoms with Crippen molar-refractivity contribution in [3.63, 3.8) is 0 Å². The second-order valence-corrected chi connectivity index (χ2v) is 8.86. The molecule has 0 bridgehead atoms. The number of anilines is 2. The molecule has 0 unspecified atom stereocenters. The maximum Gasteiger partial charge on any atom is 0.443 e. The van der Waals surface area contributed by atoms with E-state index in [0.29, 0.717) is 17.0 Å². The summed E-state index contributed by atoms with van der Waals surface area (Å²) in [6.45, 7) is 0. The summed E-state index contributed by atoms with van der Waals surface area (Å²) < 4.78 is 63.6. The van der Waals surface area contributed by atoms with E-state index in [9.17, 15) is 26.4 Å². The molecule has 2 rings (SSSR count). The zero-order valence-electron chi connectivity index (χ0n) is 14.8. The van der Waals surface area contributed by atoms with Crippen molar-refractivity contribution in [1.29, 1.82) is 0 Å². The van der Waals surface area contributed by atoms with Crippen molar-refractivity contribution in [3.05, 3.63) is 34.3 Å². The van der Waals surface area contributed by atoms with Gasteiger partial charge in [0.1, 0.15) is 5.69 Å². The van der Waals surface area contributed by atoms with Crippen molar-refractivity contribution >= 4 is 38.6 Å². The van der Waals surface area contributed by atoms with Gasteiger partial charge >= 0.3 is 6.18 Å². The van der Waals surface area contributed by atoms with Gasteiger partial charge in [0.25, 0.3) is 5.91 Å². The van der Waals surface area contributed by atoms with Gasteiger partial charge < -0.3 is 10.2 Å². The number of nitrogens with one attached hydrogen (secondary N) is 1. The molecule has 1 aromatic carbocycles. The summed E-state index contributed by atoms with van der Waals surface area (Å²) in [5, 5.41) is 2.30. The Morgan fingerprint density at radius 1 is 1.19 bits per heavy atom. The summed E-state index contributed by atoms with van der Waals surface area (Å²) in [6, 6.07) is 4.12. The molecule has 148 valence electrons. The zero-order chi connectivity index (χ0) is 20.6. The Morgan fingerprint density at radius 3 is 2.30 bits per heavy atom. The maximum absolute atomic E-state index is 12.7. The molecule has 0 atom stereocenters. The lowest BCUT2D eigenvalue weighted by molar-refractivity contribution is -0.137. The summed E-state index contributed by atoms with van der Waals surface area (Å²) in [7, 11) is 2.32. The normalized spacial score (nSPS) is 12.3. The van der Waals surface area contributed by atoms with Crippen LogP contribution in [0.25, 0.3) is 0 Å². The van der Waals surface area contributed by atoms with Crippen LogP contribution in [0, 0.1) is 0 Å². The summed E-state index contributed by atoms with van der Waals surface area (Å²) in [5.41, 5.74) is 0.208. The van der Waals surface area contributed by atoms with E-state index >= 15 is 0 Å². The second kappa shape index (κ2) is 7.44. The molecule has 1 N–H and O–H groups in total. The largest absolute Gasteiger partial charge is 0.443 e. The molecule has 0 spiro atoms. The Kier molecular flexibility index (Phi) is 5.82. The lowest BCUT2D eigenvalue weighted by Crippen LogP contribution is -2.23. The van der Waals surface area contributed by atoms with Crippen LogP contribution < -0.4 is 10.2 Å². The average molecular weight is 422 g/mol. The summed E-state index contributed by atoms with van der Waals surface area (Å²) in [5.74, 6) is -0.871. The quantitative estimate of drug-likeness (QED) is 0.801. The van der Waals surface area contributed by atoms with Crippen LogP contribution in [-0.4, -0.2) is 51.8 Å². The van der Waals surface area contributed by atoms with Crippen LogP contribution in [0.4, 0.5) is 24.5 Å². The predicted molar refractivity (Wildman–Crippen MR) is 96.7 cm³/mol. The number of halogens is 3. The highest BCUT2D eigenvalue weighted by Gasteiger charge is 2.35. The first kappa shape index (κ1) is 21.1. The first-order valence-electron chi connectivity index (χ1n) is 7.42. The molecule has 0 aliphatic rings. The number of amides is 1. The minimum Gasteiger partial charge on any atom is -0.376 e. The number of rotatable bonds is 5. The summed E-state index contributed by atoms with van der Waals surface area (Å²) in [4.78, 5) is 17.2. The fourth-order valence-electron chi connectivity index (χ4n) is 2.07. The van der Waals surface area contributed by atoms with Gasteiger partial charge in [0.15, 0.2) is 5.01 Å². The van der Waals surface area contributed by atoms with E-state index in [4.69, 9.17) is 0 Å².